The molecule has 0 radical (unpaired) electrons. The lowest BCUT2D eigenvalue weighted by Crippen LogP contribution is -2.20. The van der Waals surface area contributed by atoms with E-state index in [-0.39, 0.29) is 5.97 Å². The molecule has 0 aromatic carbocycles. The number of methoxy groups -OCH3 is 1. The zero-order valence-electron chi connectivity index (χ0n) is 9.27. The fraction of sp³-hybridized carbons (Fsp3) is 0.667. The summed E-state index contributed by atoms with van der Waals surface area (Å²) < 4.78 is 8.94. The molecule has 1 aromatic heterocycles. The van der Waals surface area contributed by atoms with Gasteiger partial charge in [-0.2, -0.15) is 0 Å². The quantitative estimate of drug-likeness (QED) is 0.730. The van der Waals surface area contributed by atoms with E-state index in [1.165, 1.54) is 18.6 Å². The lowest BCUT2D eigenvalue weighted by molar-refractivity contribution is -0.140. The molecule has 1 rings (SSSR count). The summed E-state index contributed by atoms with van der Waals surface area (Å²) in [7, 11) is 3.35. The molecule has 90 valence electrons. The Bertz CT molecular complexity index is 345. The van der Waals surface area contributed by atoms with E-state index in [1.807, 2.05) is 11.9 Å². The van der Waals surface area contributed by atoms with Crippen LogP contribution in [0.3, 0.4) is 0 Å². The number of nitrogens with zero attached hydrogens (tertiary/aromatic N) is 3. The Morgan fingerprint density at radius 1 is 1.62 bits per heavy atom. The van der Waals surface area contributed by atoms with Gasteiger partial charge in [0, 0.05) is 24.5 Å². The van der Waals surface area contributed by atoms with E-state index >= 15 is 0 Å². The zero-order chi connectivity index (χ0) is 12.0. The van der Waals surface area contributed by atoms with Gasteiger partial charge in [-0.05, 0) is 20.0 Å². The van der Waals surface area contributed by atoms with Crippen molar-refractivity contribution in [3.05, 3.63) is 10.0 Å². The zero-order valence-corrected chi connectivity index (χ0v) is 10.8. The maximum Gasteiger partial charge on any atom is 0.305 e. The second-order valence-electron chi connectivity index (χ2n) is 3.41. The highest BCUT2D eigenvalue weighted by atomic mass is 35.5. The second kappa shape index (κ2) is 6.78. The number of esters is 1. The van der Waals surface area contributed by atoms with E-state index < -0.39 is 0 Å². The highest BCUT2D eigenvalue weighted by molar-refractivity contribution is 7.10. The van der Waals surface area contributed by atoms with Gasteiger partial charge in [0.05, 0.1) is 7.11 Å². The molecular weight excluding hydrogens is 250 g/mol. The van der Waals surface area contributed by atoms with Crippen molar-refractivity contribution >= 4 is 29.1 Å². The van der Waals surface area contributed by atoms with E-state index in [1.54, 1.807) is 0 Å². The first kappa shape index (κ1) is 13.3. The Morgan fingerprint density at radius 2 is 2.38 bits per heavy atom. The molecule has 1 aromatic rings. The minimum atomic E-state index is -0.179. The Labute approximate surface area is 104 Å². The summed E-state index contributed by atoms with van der Waals surface area (Å²) in [5, 5.41) is 3.92. The molecule has 16 heavy (non-hydrogen) atoms. The SMILES string of the molecule is COC(=O)CCCN(C)Cc1nnsc1Cl. The van der Waals surface area contributed by atoms with E-state index in [0.29, 0.717) is 17.3 Å². The third kappa shape index (κ3) is 4.42. The Hall–Kier alpha value is -0.720. The van der Waals surface area contributed by atoms with Crippen molar-refractivity contribution in [2.75, 3.05) is 20.7 Å². The van der Waals surface area contributed by atoms with Crippen LogP contribution in [0.25, 0.3) is 0 Å². The van der Waals surface area contributed by atoms with Crippen molar-refractivity contribution in [2.45, 2.75) is 19.4 Å². The van der Waals surface area contributed by atoms with Gasteiger partial charge in [0.1, 0.15) is 10.0 Å². The number of hydrogen-bond acceptors (Lipinski definition) is 6. The third-order valence-electron chi connectivity index (χ3n) is 2.08. The highest BCUT2D eigenvalue weighted by Crippen LogP contribution is 2.18. The maximum absolute atomic E-state index is 10.9. The van der Waals surface area contributed by atoms with E-state index in [0.717, 1.165) is 18.7 Å². The summed E-state index contributed by atoms with van der Waals surface area (Å²) in [5.74, 6) is -0.179. The third-order valence-corrected chi connectivity index (χ3v) is 3.06. The Morgan fingerprint density at radius 3 is 2.94 bits per heavy atom. The number of carbonyl (C=O) groups is 1. The lowest BCUT2D eigenvalue weighted by atomic mass is 10.3. The van der Waals surface area contributed by atoms with Crippen LogP contribution in [0.1, 0.15) is 18.5 Å². The number of halogens is 1. The van der Waals surface area contributed by atoms with Gasteiger partial charge in [0.25, 0.3) is 0 Å². The van der Waals surface area contributed by atoms with Gasteiger partial charge in [-0.3, -0.25) is 4.79 Å². The van der Waals surface area contributed by atoms with Crippen LogP contribution < -0.4 is 0 Å². The Kier molecular flexibility index (Phi) is 5.65. The monoisotopic (exact) mass is 263 g/mol. The average molecular weight is 264 g/mol. The molecule has 7 heteroatoms. The van der Waals surface area contributed by atoms with Crippen LogP contribution in [0.2, 0.25) is 4.34 Å². The highest BCUT2D eigenvalue weighted by Gasteiger charge is 2.09. The fourth-order valence-electron chi connectivity index (χ4n) is 1.22. The fourth-order valence-corrected chi connectivity index (χ4v) is 1.83. The van der Waals surface area contributed by atoms with Crippen LogP contribution in [0.15, 0.2) is 0 Å². The first-order valence-corrected chi connectivity index (χ1v) is 6.00. The average Bonchev–Trinajstić information content (AvgIpc) is 2.64. The van der Waals surface area contributed by atoms with Crippen LogP contribution in [0.4, 0.5) is 0 Å². The molecule has 0 spiro atoms. The summed E-state index contributed by atoms with van der Waals surface area (Å²) in [6.45, 7) is 1.44. The first-order chi connectivity index (χ1) is 7.63. The first-order valence-electron chi connectivity index (χ1n) is 4.85. The smallest absolute Gasteiger partial charge is 0.305 e. The lowest BCUT2D eigenvalue weighted by Gasteiger charge is -2.14. The summed E-state index contributed by atoms with van der Waals surface area (Å²) >= 11 is 7.07. The summed E-state index contributed by atoms with van der Waals surface area (Å²) in [5.41, 5.74) is 0.784. The van der Waals surface area contributed by atoms with Crippen LogP contribution >= 0.6 is 23.1 Å². The summed E-state index contributed by atoms with van der Waals surface area (Å²) in [6.07, 6.45) is 1.20. The summed E-state index contributed by atoms with van der Waals surface area (Å²) in [6, 6.07) is 0. The standard InChI is InChI=1S/C9H14ClN3O2S/c1-13(5-3-4-8(14)15-2)6-7-9(10)16-12-11-7/h3-6H2,1-2H3. The van der Waals surface area contributed by atoms with Crippen LogP contribution in [0, 0.1) is 0 Å². The van der Waals surface area contributed by atoms with Gasteiger partial charge in [0.15, 0.2) is 0 Å². The van der Waals surface area contributed by atoms with Crippen LogP contribution in [0.5, 0.6) is 0 Å². The van der Waals surface area contributed by atoms with E-state index in [4.69, 9.17) is 11.6 Å². The van der Waals surface area contributed by atoms with Crippen LogP contribution in [-0.4, -0.2) is 41.2 Å². The number of rotatable bonds is 6. The van der Waals surface area contributed by atoms with Gasteiger partial charge in [-0.15, -0.1) is 5.10 Å². The van der Waals surface area contributed by atoms with Crippen molar-refractivity contribution in [1.29, 1.82) is 0 Å². The summed E-state index contributed by atoms with van der Waals surface area (Å²) in [4.78, 5) is 12.9. The molecule has 0 amide bonds. The van der Waals surface area contributed by atoms with Crippen molar-refractivity contribution in [3.8, 4) is 0 Å². The van der Waals surface area contributed by atoms with Gasteiger partial charge in [-0.1, -0.05) is 16.1 Å². The number of hydrogen-bond donors (Lipinski definition) is 0. The van der Waals surface area contributed by atoms with Crippen molar-refractivity contribution in [2.24, 2.45) is 0 Å². The number of aromatic nitrogens is 2. The predicted octanol–water partition coefficient (Wildman–Crippen LogP) is 1.58. The number of ether oxygens (including phenoxy) is 1. The topological polar surface area (TPSA) is 55.3 Å². The number of carbonyl (C=O) groups excluding carboxylic acids is 1. The molecular formula is C9H14ClN3O2S. The Balaban J connectivity index is 2.24. The molecule has 5 nitrogen and oxygen atoms in total. The molecule has 1 heterocycles. The van der Waals surface area contributed by atoms with E-state index in [9.17, 15) is 4.79 Å². The minimum absolute atomic E-state index is 0.179. The molecule has 0 N–H and O–H groups in total. The largest absolute Gasteiger partial charge is 0.469 e. The maximum atomic E-state index is 10.9. The molecule has 0 fully saturated rings. The second-order valence-corrected chi connectivity index (χ2v) is 4.77. The predicted molar refractivity (Wildman–Crippen MR) is 62.5 cm³/mol. The van der Waals surface area contributed by atoms with E-state index in [2.05, 4.69) is 14.3 Å². The molecule has 0 aliphatic rings. The van der Waals surface area contributed by atoms with Gasteiger partial charge >= 0.3 is 5.97 Å². The normalized spacial score (nSPS) is 10.8. The van der Waals surface area contributed by atoms with Crippen molar-refractivity contribution in [3.63, 3.8) is 0 Å². The molecule has 0 bridgehead atoms. The molecule has 0 saturated heterocycles. The molecule has 0 aliphatic carbocycles. The van der Waals surface area contributed by atoms with Crippen molar-refractivity contribution in [1.82, 2.24) is 14.5 Å². The van der Waals surface area contributed by atoms with Gasteiger partial charge in [-0.25, -0.2) is 0 Å². The molecule has 0 atom stereocenters. The molecule has 0 aliphatic heterocycles. The van der Waals surface area contributed by atoms with Crippen molar-refractivity contribution < 1.29 is 9.53 Å². The molecule has 0 saturated carbocycles. The van der Waals surface area contributed by atoms with Crippen LogP contribution in [-0.2, 0) is 16.1 Å². The van der Waals surface area contributed by atoms with Gasteiger partial charge < -0.3 is 9.64 Å². The molecule has 0 unspecified atom stereocenters. The van der Waals surface area contributed by atoms with Gasteiger partial charge in [0.2, 0.25) is 0 Å². The minimum Gasteiger partial charge on any atom is -0.469 e.